The van der Waals surface area contributed by atoms with Gasteiger partial charge in [-0.05, 0) is 34.6 Å². The first-order valence-corrected chi connectivity index (χ1v) is 6.44. The minimum absolute atomic E-state index is 0.0167. The molecule has 0 aromatic heterocycles. The summed E-state index contributed by atoms with van der Waals surface area (Å²) >= 11 is 0. The molecule has 0 aromatic carbocycles. The zero-order valence-corrected chi connectivity index (χ0v) is 12.4. The van der Waals surface area contributed by atoms with Gasteiger partial charge < -0.3 is 9.64 Å². The quantitative estimate of drug-likeness (QED) is 0.642. The maximum atomic E-state index is 12.0. The lowest BCUT2D eigenvalue weighted by atomic mass is 10.3. The summed E-state index contributed by atoms with van der Waals surface area (Å²) in [7, 11) is 1.77. The molecule has 18 heavy (non-hydrogen) atoms. The van der Waals surface area contributed by atoms with Gasteiger partial charge in [0.15, 0.2) is 0 Å². The Labute approximate surface area is 110 Å². The molecular weight excluding hydrogens is 232 g/mol. The van der Waals surface area contributed by atoms with E-state index in [2.05, 4.69) is 0 Å². The monoisotopic (exact) mass is 258 g/mol. The smallest absolute Gasteiger partial charge is 0.320 e. The summed E-state index contributed by atoms with van der Waals surface area (Å²) in [5, 5.41) is 0. The van der Waals surface area contributed by atoms with Gasteiger partial charge in [0.25, 0.3) is 0 Å². The van der Waals surface area contributed by atoms with Crippen molar-refractivity contribution in [2.24, 2.45) is 0 Å². The van der Waals surface area contributed by atoms with Crippen LogP contribution in [0.15, 0.2) is 0 Å². The fourth-order valence-electron chi connectivity index (χ4n) is 1.37. The Hall–Kier alpha value is -1.10. The number of nitrogens with zero attached hydrogens (tertiary/aromatic N) is 2. The Balaban J connectivity index is 4.45. The average Bonchev–Trinajstić information content (AvgIpc) is 2.26. The lowest BCUT2D eigenvalue weighted by Gasteiger charge is -2.28. The van der Waals surface area contributed by atoms with Gasteiger partial charge in [-0.3, -0.25) is 14.5 Å². The molecule has 0 spiro atoms. The molecule has 0 aliphatic carbocycles. The fraction of sp³-hybridized carbons (Fsp3) is 0.846. The second kappa shape index (κ2) is 8.08. The number of ether oxygens (including phenoxy) is 1. The van der Waals surface area contributed by atoms with E-state index in [9.17, 15) is 9.59 Å². The van der Waals surface area contributed by atoms with E-state index in [1.54, 1.807) is 18.9 Å². The van der Waals surface area contributed by atoms with E-state index in [0.717, 1.165) is 0 Å². The molecule has 1 amide bonds. The van der Waals surface area contributed by atoms with Gasteiger partial charge in [-0.15, -0.1) is 0 Å². The van der Waals surface area contributed by atoms with Gasteiger partial charge in [0, 0.05) is 19.1 Å². The van der Waals surface area contributed by atoms with Crippen molar-refractivity contribution in [3.05, 3.63) is 0 Å². The molecule has 5 nitrogen and oxygen atoms in total. The second-order valence-corrected chi connectivity index (χ2v) is 4.90. The third-order valence-electron chi connectivity index (χ3n) is 2.87. The van der Waals surface area contributed by atoms with Gasteiger partial charge in [0.1, 0.15) is 0 Å². The Morgan fingerprint density at radius 1 is 1.06 bits per heavy atom. The predicted octanol–water partition coefficient (Wildman–Crippen LogP) is 1.13. The number of amides is 1. The van der Waals surface area contributed by atoms with Crippen LogP contribution in [-0.4, -0.2) is 60.5 Å². The molecule has 0 N–H and O–H groups in total. The van der Waals surface area contributed by atoms with Crippen molar-refractivity contribution in [2.45, 2.75) is 46.7 Å². The van der Waals surface area contributed by atoms with Gasteiger partial charge >= 0.3 is 5.97 Å². The minimum Gasteiger partial charge on any atom is -0.465 e. The highest BCUT2D eigenvalue weighted by molar-refractivity contribution is 5.79. The van der Waals surface area contributed by atoms with E-state index in [4.69, 9.17) is 4.74 Å². The van der Waals surface area contributed by atoms with E-state index in [1.165, 1.54) is 0 Å². The number of likely N-dealkylation sites (N-methyl/N-ethyl adjacent to an activating group) is 1. The highest BCUT2D eigenvalue weighted by Crippen LogP contribution is 2.02. The van der Waals surface area contributed by atoms with Crippen LogP contribution in [0.2, 0.25) is 0 Å². The summed E-state index contributed by atoms with van der Waals surface area (Å²) in [5.74, 6) is -0.269. The van der Waals surface area contributed by atoms with Gasteiger partial charge in [-0.1, -0.05) is 0 Å². The Bertz CT molecular complexity index is 277. The van der Waals surface area contributed by atoms with Crippen LogP contribution < -0.4 is 0 Å². The summed E-state index contributed by atoms with van der Waals surface area (Å²) < 4.78 is 4.91. The van der Waals surface area contributed by atoms with Gasteiger partial charge in [-0.2, -0.15) is 0 Å². The molecule has 0 bridgehead atoms. The fourth-order valence-corrected chi connectivity index (χ4v) is 1.37. The molecule has 0 aliphatic heterocycles. The van der Waals surface area contributed by atoms with E-state index in [1.807, 2.05) is 32.6 Å². The van der Waals surface area contributed by atoms with E-state index in [0.29, 0.717) is 6.61 Å². The van der Waals surface area contributed by atoms with Crippen molar-refractivity contribution >= 4 is 11.9 Å². The Morgan fingerprint density at radius 3 is 2.00 bits per heavy atom. The molecule has 0 radical (unpaired) electrons. The molecule has 0 saturated heterocycles. The summed E-state index contributed by atoms with van der Waals surface area (Å²) in [6, 6.07) is 0.285. The third kappa shape index (κ3) is 6.00. The number of hydrogen-bond donors (Lipinski definition) is 0. The van der Waals surface area contributed by atoms with Crippen LogP contribution in [0.5, 0.6) is 0 Å². The number of carbonyl (C=O) groups excluding carboxylic acids is 2. The molecule has 0 unspecified atom stereocenters. The van der Waals surface area contributed by atoms with Crippen molar-refractivity contribution in [3.8, 4) is 0 Å². The summed E-state index contributed by atoms with van der Waals surface area (Å²) in [6.45, 7) is 10.4. The minimum atomic E-state index is -0.286. The van der Waals surface area contributed by atoms with Crippen LogP contribution in [-0.2, 0) is 14.3 Å². The topological polar surface area (TPSA) is 49.9 Å². The van der Waals surface area contributed by atoms with Crippen LogP contribution in [0.25, 0.3) is 0 Å². The van der Waals surface area contributed by atoms with E-state index < -0.39 is 0 Å². The highest BCUT2D eigenvalue weighted by atomic mass is 16.5. The summed E-state index contributed by atoms with van der Waals surface area (Å²) in [4.78, 5) is 26.9. The standard InChI is InChI=1S/C13H26N2O3/c1-7-18-13(17)9-15(11(4)5)8-12(16)14(6)10(2)3/h10-11H,7-9H2,1-6H3. The first-order chi connectivity index (χ1) is 8.29. The normalized spacial score (nSPS) is 11.2. The average molecular weight is 258 g/mol. The molecule has 0 rings (SSSR count). The molecule has 0 aliphatic rings. The van der Waals surface area contributed by atoms with Crippen LogP contribution in [0.1, 0.15) is 34.6 Å². The zero-order chi connectivity index (χ0) is 14.3. The van der Waals surface area contributed by atoms with Gasteiger partial charge in [-0.25, -0.2) is 0 Å². The maximum absolute atomic E-state index is 12.0. The number of hydrogen-bond acceptors (Lipinski definition) is 4. The van der Waals surface area contributed by atoms with E-state index >= 15 is 0 Å². The SMILES string of the molecule is CCOC(=O)CN(CC(=O)N(C)C(C)C)C(C)C. The van der Waals surface area contributed by atoms with Crippen molar-refractivity contribution in [1.29, 1.82) is 0 Å². The summed E-state index contributed by atoms with van der Waals surface area (Å²) in [5.41, 5.74) is 0. The van der Waals surface area contributed by atoms with E-state index in [-0.39, 0.29) is 37.0 Å². The van der Waals surface area contributed by atoms with Crippen molar-refractivity contribution in [2.75, 3.05) is 26.7 Å². The van der Waals surface area contributed by atoms with Crippen LogP contribution in [0, 0.1) is 0 Å². The molecule has 0 saturated carbocycles. The first-order valence-electron chi connectivity index (χ1n) is 6.44. The molecule has 0 atom stereocenters. The molecule has 106 valence electrons. The zero-order valence-electron chi connectivity index (χ0n) is 12.4. The number of carbonyl (C=O) groups is 2. The lowest BCUT2D eigenvalue weighted by Crippen LogP contribution is -2.45. The van der Waals surface area contributed by atoms with Gasteiger partial charge in [0.05, 0.1) is 19.7 Å². The second-order valence-electron chi connectivity index (χ2n) is 4.90. The first kappa shape index (κ1) is 16.9. The lowest BCUT2D eigenvalue weighted by molar-refractivity contribution is -0.145. The molecule has 0 fully saturated rings. The molecule has 0 aromatic rings. The predicted molar refractivity (Wildman–Crippen MR) is 71.2 cm³/mol. The third-order valence-corrected chi connectivity index (χ3v) is 2.87. The maximum Gasteiger partial charge on any atom is 0.320 e. The highest BCUT2D eigenvalue weighted by Gasteiger charge is 2.21. The number of esters is 1. The molecule has 0 heterocycles. The number of rotatable bonds is 7. The van der Waals surface area contributed by atoms with Crippen molar-refractivity contribution in [3.63, 3.8) is 0 Å². The van der Waals surface area contributed by atoms with Crippen LogP contribution in [0.3, 0.4) is 0 Å². The van der Waals surface area contributed by atoms with Crippen LogP contribution in [0.4, 0.5) is 0 Å². The molecular formula is C13H26N2O3. The van der Waals surface area contributed by atoms with Crippen LogP contribution >= 0.6 is 0 Å². The summed E-state index contributed by atoms with van der Waals surface area (Å²) in [6.07, 6.45) is 0. The molecule has 5 heteroatoms. The van der Waals surface area contributed by atoms with Crippen molar-refractivity contribution < 1.29 is 14.3 Å². The van der Waals surface area contributed by atoms with Gasteiger partial charge in [0.2, 0.25) is 5.91 Å². The Morgan fingerprint density at radius 2 is 1.61 bits per heavy atom. The van der Waals surface area contributed by atoms with Crippen molar-refractivity contribution in [1.82, 2.24) is 9.80 Å². The Kier molecular flexibility index (Phi) is 7.59. The largest absolute Gasteiger partial charge is 0.465 e.